The molecule has 1 N–H and O–H groups in total. The van der Waals surface area contributed by atoms with Crippen LogP contribution >= 0.6 is 0 Å². The van der Waals surface area contributed by atoms with Gasteiger partial charge in [-0.05, 0) is 49.2 Å². The normalized spacial score (nSPS) is 17.3. The van der Waals surface area contributed by atoms with Crippen LogP contribution in [-0.2, 0) is 10.0 Å². The maximum absolute atomic E-state index is 12.8. The van der Waals surface area contributed by atoms with Crippen molar-refractivity contribution in [2.75, 3.05) is 38.2 Å². The largest absolute Gasteiger partial charge is 0.495 e. The number of anilines is 1. The van der Waals surface area contributed by atoms with Gasteiger partial charge in [-0.15, -0.1) is 0 Å². The van der Waals surface area contributed by atoms with E-state index in [4.69, 9.17) is 4.74 Å². The number of carbonyl (C=O) groups is 1. The molecule has 0 aromatic heterocycles. The van der Waals surface area contributed by atoms with E-state index < -0.39 is 10.0 Å². The predicted molar refractivity (Wildman–Crippen MR) is 111 cm³/mol. The Bertz CT molecular complexity index is 979. The van der Waals surface area contributed by atoms with E-state index in [-0.39, 0.29) is 16.8 Å². The lowest BCUT2D eigenvalue weighted by Gasteiger charge is -2.36. The first kappa shape index (κ1) is 19.7. The van der Waals surface area contributed by atoms with Crippen molar-refractivity contribution in [1.82, 2.24) is 9.62 Å². The minimum absolute atomic E-state index is 0.0563. The molecule has 0 spiro atoms. The molecule has 1 heterocycles. The zero-order chi connectivity index (χ0) is 20.4. The molecular formula is C21H25N3O4S. The van der Waals surface area contributed by atoms with Crippen molar-refractivity contribution in [3.05, 3.63) is 54.1 Å². The van der Waals surface area contributed by atoms with E-state index in [1.807, 2.05) is 24.3 Å². The number of piperazine rings is 1. The van der Waals surface area contributed by atoms with Crippen molar-refractivity contribution in [1.29, 1.82) is 0 Å². The van der Waals surface area contributed by atoms with Crippen molar-refractivity contribution >= 4 is 21.6 Å². The third-order valence-corrected chi connectivity index (χ3v) is 6.84. The number of nitrogens with zero attached hydrogens (tertiary/aromatic N) is 2. The molecule has 0 radical (unpaired) electrons. The second kappa shape index (κ2) is 8.04. The minimum Gasteiger partial charge on any atom is -0.495 e. The first-order valence-corrected chi connectivity index (χ1v) is 11.3. The van der Waals surface area contributed by atoms with E-state index in [0.29, 0.717) is 31.7 Å². The van der Waals surface area contributed by atoms with Crippen LogP contribution in [0.3, 0.4) is 0 Å². The molecular weight excluding hydrogens is 390 g/mol. The molecule has 2 aromatic carbocycles. The third kappa shape index (κ3) is 4.38. The van der Waals surface area contributed by atoms with Gasteiger partial charge >= 0.3 is 0 Å². The number of sulfonamides is 1. The van der Waals surface area contributed by atoms with Crippen LogP contribution in [0.15, 0.2) is 53.4 Å². The SMILES string of the molecule is COc1ccccc1N1CCN(C(=O)c2ccc(S(=O)(=O)NC3CC3)cc2)CC1. The third-order valence-electron chi connectivity index (χ3n) is 5.30. The highest BCUT2D eigenvalue weighted by molar-refractivity contribution is 7.89. The van der Waals surface area contributed by atoms with E-state index >= 15 is 0 Å². The van der Waals surface area contributed by atoms with E-state index in [1.165, 1.54) is 12.1 Å². The van der Waals surface area contributed by atoms with Crippen LogP contribution in [0.4, 0.5) is 5.69 Å². The molecule has 1 saturated carbocycles. The minimum atomic E-state index is -3.50. The molecule has 2 aromatic rings. The van der Waals surface area contributed by atoms with E-state index in [2.05, 4.69) is 9.62 Å². The van der Waals surface area contributed by atoms with Crippen molar-refractivity contribution in [2.24, 2.45) is 0 Å². The molecule has 154 valence electrons. The fourth-order valence-corrected chi connectivity index (χ4v) is 4.79. The summed E-state index contributed by atoms with van der Waals surface area (Å²) in [5.74, 6) is 0.743. The zero-order valence-corrected chi connectivity index (χ0v) is 17.2. The van der Waals surface area contributed by atoms with Crippen molar-refractivity contribution in [3.8, 4) is 5.75 Å². The Balaban J connectivity index is 1.39. The summed E-state index contributed by atoms with van der Waals surface area (Å²) in [6.45, 7) is 2.62. The van der Waals surface area contributed by atoms with Crippen LogP contribution in [0.2, 0.25) is 0 Å². The molecule has 29 heavy (non-hydrogen) atoms. The maximum Gasteiger partial charge on any atom is 0.253 e. The Labute approximate surface area is 171 Å². The molecule has 1 amide bonds. The summed E-state index contributed by atoms with van der Waals surface area (Å²) < 4.78 is 32.6. The van der Waals surface area contributed by atoms with Crippen molar-refractivity contribution in [3.63, 3.8) is 0 Å². The number of ether oxygens (including phenoxy) is 1. The van der Waals surface area contributed by atoms with Gasteiger partial charge in [0.1, 0.15) is 5.75 Å². The van der Waals surface area contributed by atoms with Gasteiger partial charge in [0.15, 0.2) is 0 Å². The molecule has 1 aliphatic heterocycles. The van der Waals surface area contributed by atoms with Gasteiger partial charge < -0.3 is 14.5 Å². The lowest BCUT2D eigenvalue weighted by Crippen LogP contribution is -2.48. The van der Waals surface area contributed by atoms with Gasteiger partial charge in [-0.1, -0.05) is 12.1 Å². The average molecular weight is 416 g/mol. The Hall–Kier alpha value is -2.58. The molecule has 7 nitrogen and oxygen atoms in total. The quantitative estimate of drug-likeness (QED) is 0.782. The molecule has 2 aliphatic rings. The number of hydrogen-bond acceptors (Lipinski definition) is 5. The fourth-order valence-electron chi connectivity index (χ4n) is 3.49. The fraction of sp³-hybridized carbons (Fsp3) is 0.381. The van der Waals surface area contributed by atoms with Crippen LogP contribution in [0, 0.1) is 0 Å². The first-order chi connectivity index (χ1) is 14.0. The van der Waals surface area contributed by atoms with Gasteiger partial charge in [-0.25, -0.2) is 13.1 Å². The smallest absolute Gasteiger partial charge is 0.253 e. The molecule has 1 aliphatic carbocycles. The molecule has 0 atom stereocenters. The zero-order valence-electron chi connectivity index (χ0n) is 16.4. The maximum atomic E-state index is 12.8. The molecule has 0 unspecified atom stereocenters. The number of nitrogens with one attached hydrogen (secondary N) is 1. The molecule has 8 heteroatoms. The Morgan fingerprint density at radius 2 is 1.66 bits per heavy atom. The summed E-state index contributed by atoms with van der Waals surface area (Å²) in [6, 6.07) is 14.1. The number of amides is 1. The second-order valence-corrected chi connectivity index (χ2v) is 9.09. The molecule has 0 bridgehead atoms. The second-order valence-electron chi connectivity index (χ2n) is 7.37. The van der Waals surface area contributed by atoms with E-state index in [1.54, 1.807) is 24.1 Å². The molecule has 4 rings (SSSR count). The number of hydrogen-bond donors (Lipinski definition) is 1. The molecule has 1 saturated heterocycles. The Morgan fingerprint density at radius 1 is 1.00 bits per heavy atom. The van der Waals surface area contributed by atoms with Crippen LogP contribution < -0.4 is 14.4 Å². The first-order valence-electron chi connectivity index (χ1n) is 9.77. The highest BCUT2D eigenvalue weighted by atomic mass is 32.2. The number of methoxy groups -OCH3 is 1. The summed E-state index contributed by atoms with van der Waals surface area (Å²) >= 11 is 0. The van der Waals surface area contributed by atoms with Gasteiger partial charge in [0.05, 0.1) is 17.7 Å². The van der Waals surface area contributed by atoms with Gasteiger partial charge in [0.25, 0.3) is 5.91 Å². The summed E-state index contributed by atoms with van der Waals surface area (Å²) in [5, 5.41) is 0. The number of carbonyl (C=O) groups excluding carboxylic acids is 1. The lowest BCUT2D eigenvalue weighted by atomic mass is 10.1. The molecule has 2 fully saturated rings. The number of para-hydroxylation sites is 2. The monoisotopic (exact) mass is 415 g/mol. The van der Waals surface area contributed by atoms with Gasteiger partial charge in [0.2, 0.25) is 10.0 Å². The summed E-state index contributed by atoms with van der Waals surface area (Å²) in [7, 11) is -1.85. The van der Waals surface area contributed by atoms with Crippen molar-refractivity contribution in [2.45, 2.75) is 23.8 Å². The van der Waals surface area contributed by atoms with Crippen LogP contribution in [0.1, 0.15) is 23.2 Å². The van der Waals surface area contributed by atoms with Gasteiger partial charge in [-0.2, -0.15) is 0 Å². The summed E-state index contributed by atoms with van der Waals surface area (Å²) in [6.07, 6.45) is 1.77. The highest BCUT2D eigenvalue weighted by Crippen LogP contribution is 2.28. The van der Waals surface area contributed by atoms with E-state index in [9.17, 15) is 13.2 Å². The lowest BCUT2D eigenvalue weighted by molar-refractivity contribution is 0.0746. The number of benzene rings is 2. The Morgan fingerprint density at radius 3 is 2.28 bits per heavy atom. The number of rotatable bonds is 6. The van der Waals surface area contributed by atoms with Gasteiger partial charge in [0, 0.05) is 37.8 Å². The van der Waals surface area contributed by atoms with Gasteiger partial charge in [-0.3, -0.25) is 4.79 Å². The summed E-state index contributed by atoms with van der Waals surface area (Å²) in [5.41, 5.74) is 1.53. The van der Waals surface area contributed by atoms with E-state index in [0.717, 1.165) is 24.3 Å². The topological polar surface area (TPSA) is 79.0 Å². The van der Waals surface area contributed by atoms with Crippen LogP contribution in [0.25, 0.3) is 0 Å². The van der Waals surface area contributed by atoms with Crippen LogP contribution in [0.5, 0.6) is 5.75 Å². The summed E-state index contributed by atoms with van der Waals surface area (Å²) in [4.78, 5) is 17.0. The highest BCUT2D eigenvalue weighted by Gasteiger charge is 2.28. The van der Waals surface area contributed by atoms with Crippen LogP contribution in [-0.4, -0.2) is 58.6 Å². The average Bonchev–Trinajstić information content (AvgIpc) is 3.57. The standard InChI is InChI=1S/C21H25N3O4S/c1-28-20-5-3-2-4-19(20)23-12-14-24(15-13-23)21(25)16-6-10-18(11-7-16)29(26,27)22-17-8-9-17/h2-7,10-11,17,22H,8-9,12-15H2,1H3. The van der Waals surface area contributed by atoms with Crippen molar-refractivity contribution < 1.29 is 17.9 Å². The predicted octanol–water partition coefficient (Wildman–Crippen LogP) is 2.10. The Kier molecular flexibility index (Phi) is 5.47.